The van der Waals surface area contributed by atoms with Crippen molar-refractivity contribution in [2.45, 2.75) is 47.6 Å². The maximum atomic E-state index is 9.10. The summed E-state index contributed by atoms with van der Waals surface area (Å²) < 4.78 is 0. The van der Waals surface area contributed by atoms with E-state index in [-0.39, 0.29) is 5.41 Å². The molecule has 0 aromatic carbocycles. The molecule has 0 saturated carbocycles. The first-order chi connectivity index (χ1) is 6.23. The Kier molecular flexibility index (Phi) is 4.94. The van der Waals surface area contributed by atoms with Gasteiger partial charge >= 0.3 is 0 Å². The Morgan fingerprint density at radius 1 is 1.21 bits per heavy atom. The molecule has 1 atom stereocenters. The van der Waals surface area contributed by atoms with Crippen molar-refractivity contribution < 1.29 is 5.11 Å². The number of rotatable bonds is 1. The highest BCUT2D eigenvalue weighted by atomic mass is 16.3. The second-order valence-corrected chi connectivity index (χ2v) is 5.02. The van der Waals surface area contributed by atoms with E-state index in [4.69, 9.17) is 5.11 Å². The van der Waals surface area contributed by atoms with Crippen molar-refractivity contribution in [2.75, 3.05) is 0 Å². The first-order valence-corrected chi connectivity index (χ1v) is 5.15. The normalized spacial score (nSPS) is 15.0. The Bertz CT molecular complexity index is 253. The van der Waals surface area contributed by atoms with Gasteiger partial charge in [0.1, 0.15) is 6.10 Å². The van der Waals surface area contributed by atoms with Crippen LogP contribution in [0, 0.1) is 23.2 Å². The van der Waals surface area contributed by atoms with Crippen molar-refractivity contribution in [1.82, 2.24) is 0 Å². The van der Waals surface area contributed by atoms with Crippen LogP contribution < -0.4 is 0 Å². The zero-order valence-corrected chi connectivity index (χ0v) is 10.2. The minimum Gasteiger partial charge on any atom is -0.381 e. The molecular formula is C13H22O. The molecule has 1 heteroatoms. The predicted octanol–water partition coefficient (Wildman–Crippen LogP) is 3.00. The van der Waals surface area contributed by atoms with Crippen molar-refractivity contribution >= 4 is 0 Å². The lowest BCUT2D eigenvalue weighted by Crippen LogP contribution is -2.09. The Morgan fingerprint density at radius 3 is 2.00 bits per heavy atom. The maximum absolute atomic E-state index is 9.10. The van der Waals surface area contributed by atoms with Crippen LogP contribution in [0.15, 0.2) is 11.6 Å². The molecule has 0 aromatic heterocycles. The highest BCUT2D eigenvalue weighted by Crippen LogP contribution is 2.25. The summed E-state index contributed by atoms with van der Waals surface area (Å²) in [6, 6.07) is 0. The van der Waals surface area contributed by atoms with Gasteiger partial charge in [0, 0.05) is 5.57 Å². The van der Waals surface area contributed by atoms with E-state index in [1.54, 1.807) is 6.92 Å². The minimum atomic E-state index is -0.548. The number of hydrogen-bond donors (Lipinski definition) is 1. The molecule has 0 aliphatic rings. The molecule has 1 nitrogen and oxygen atoms in total. The molecule has 80 valence electrons. The molecule has 0 fully saturated rings. The van der Waals surface area contributed by atoms with Gasteiger partial charge in [-0.25, -0.2) is 0 Å². The molecule has 0 bridgehead atoms. The monoisotopic (exact) mass is 194 g/mol. The first kappa shape index (κ1) is 13.3. The van der Waals surface area contributed by atoms with Gasteiger partial charge in [0.25, 0.3) is 0 Å². The van der Waals surface area contributed by atoms with E-state index in [0.29, 0.717) is 5.92 Å². The molecule has 0 spiro atoms. The summed E-state index contributed by atoms with van der Waals surface area (Å²) in [5, 5.41) is 9.10. The third kappa shape index (κ3) is 5.83. The largest absolute Gasteiger partial charge is 0.381 e. The first-order valence-electron chi connectivity index (χ1n) is 5.15. The highest BCUT2D eigenvalue weighted by molar-refractivity contribution is 5.34. The smallest absolute Gasteiger partial charge is 0.112 e. The Hall–Kier alpha value is -0.740. The lowest BCUT2D eigenvalue weighted by Gasteiger charge is -2.19. The molecule has 0 aliphatic heterocycles. The van der Waals surface area contributed by atoms with Crippen LogP contribution in [-0.4, -0.2) is 11.2 Å². The fourth-order valence-corrected chi connectivity index (χ4v) is 0.995. The molecular weight excluding hydrogens is 172 g/mol. The molecule has 0 aliphatic carbocycles. The second-order valence-electron chi connectivity index (χ2n) is 5.02. The fourth-order valence-electron chi connectivity index (χ4n) is 0.995. The fraction of sp³-hybridized carbons (Fsp3) is 0.692. The van der Waals surface area contributed by atoms with Gasteiger partial charge in [-0.3, -0.25) is 0 Å². The van der Waals surface area contributed by atoms with Gasteiger partial charge in [0.05, 0.1) is 0 Å². The van der Waals surface area contributed by atoms with Gasteiger partial charge < -0.3 is 5.11 Å². The topological polar surface area (TPSA) is 20.2 Å². The Morgan fingerprint density at radius 2 is 1.71 bits per heavy atom. The van der Waals surface area contributed by atoms with Crippen molar-refractivity contribution in [2.24, 2.45) is 11.3 Å². The van der Waals surface area contributed by atoms with Crippen molar-refractivity contribution in [3.8, 4) is 11.8 Å². The van der Waals surface area contributed by atoms with E-state index in [2.05, 4.69) is 52.5 Å². The van der Waals surface area contributed by atoms with Gasteiger partial charge in [0.15, 0.2) is 0 Å². The molecule has 1 unspecified atom stereocenters. The van der Waals surface area contributed by atoms with Gasteiger partial charge in [-0.2, -0.15) is 0 Å². The van der Waals surface area contributed by atoms with Crippen LogP contribution in [0.5, 0.6) is 0 Å². The zero-order chi connectivity index (χ0) is 11.4. The lowest BCUT2D eigenvalue weighted by molar-refractivity contribution is 0.253. The summed E-state index contributed by atoms with van der Waals surface area (Å²) in [5.41, 5.74) is 1.17. The van der Waals surface area contributed by atoms with E-state index < -0.39 is 6.10 Å². The average Bonchev–Trinajstić information content (AvgIpc) is 1.94. The average molecular weight is 194 g/mol. The molecule has 0 rings (SSSR count). The van der Waals surface area contributed by atoms with Crippen molar-refractivity contribution in [3.63, 3.8) is 0 Å². The van der Waals surface area contributed by atoms with Crippen molar-refractivity contribution in [3.05, 3.63) is 11.6 Å². The van der Waals surface area contributed by atoms with E-state index in [9.17, 15) is 0 Å². The molecule has 1 N–H and O–H groups in total. The lowest BCUT2D eigenvalue weighted by atomic mass is 9.85. The van der Waals surface area contributed by atoms with Crippen LogP contribution >= 0.6 is 0 Å². The van der Waals surface area contributed by atoms with Gasteiger partial charge in [0.2, 0.25) is 0 Å². The van der Waals surface area contributed by atoms with E-state index >= 15 is 0 Å². The Labute approximate surface area is 88.2 Å². The molecule has 0 radical (unpaired) electrons. The van der Waals surface area contributed by atoms with Gasteiger partial charge in [-0.1, -0.05) is 52.5 Å². The summed E-state index contributed by atoms with van der Waals surface area (Å²) in [5.74, 6) is 6.34. The Balaban J connectivity index is 4.89. The third-order valence-corrected chi connectivity index (χ3v) is 1.72. The highest BCUT2D eigenvalue weighted by Gasteiger charge is 2.15. The van der Waals surface area contributed by atoms with E-state index in [1.165, 1.54) is 0 Å². The van der Waals surface area contributed by atoms with Gasteiger partial charge in [-0.05, 0) is 18.3 Å². The van der Waals surface area contributed by atoms with Gasteiger partial charge in [-0.15, -0.1) is 0 Å². The number of aliphatic hydroxyl groups excluding tert-OH is 1. The second kappa shape index (κ2) is 5.22. The van der Waals surface area contributed by atoms with Crippen LogP contribution in [0.1, 0.15) is 41.5 Å². The van der Waals surface area contributed by atoms with E-state index in [1.807, 2.05) is 0 Å². The summed E-state index contributed by atoms with van der Waals surface area (Å²) in [7, 11) is 0. The molecule has 0 heterocycles. The summed E-state index contributed by atoms with van der Waals surface area (Å²) in [6.07, 6.45) is 1.61. The summed E-state index contributed by atoms with van der Waals surface area (Å²) in [4.78, 5) is 0. The number of allylic oxidation sites excluding steroid dienone is 2. The zero-order valence-electron chi connectivity index (χ0n) is 10.2. The van der Waals surface area contributed by atoms with Crippen LogP contribution in [0.25, 0.3) is 0 Å². The van der Waals surface area contributed by atoms with Crippen molar-refractivity contribution in [1.29, 1.82) is 0 Å². The molecule has 14 heavy (non-hydrogen) atoms. The third-order valence-electron chi connectivity index (χ3n) is 1.72. The van der Waals surface area contributed by atoms with Crippen LogP contribution in [0.4, 0.5) is 0 Å². The standard InChI is InChI=1S/C13H22O/c1-10(2)9-12(13(4,5)6)8-7-11(3)14/h9-11,14H,1-6H3/b12-9+. The van der Waals surface area contributed by atoms with Crippen LogP contribution in [0.2, 0.25) is 0 Å². The number of hydrogen-bond acceptors (Lipinski definition) is 1. The predicted molar refractivity (Wildman–Crippen MR) is 61.8 cm³/mol. The van der Waals surface area contributed by atoms with Crippen LogP contribution in [0.3, 0.4) is 0 Å². The number of aliphatic hydroxyl groups is 1. The quantitative estimate of drug-likeness (QED) is 0.636. The molecule has 0 aromatic rings. The summed E-state index contributed by atoms with van der Waals surface area (Å²) in [6.45, 7) is 12.4. The van der Waals surface area contributed by atoms with E-state index in [0.717, 1.165) is 5.57 Å². The molecule has 0 saturated heterocycles. The summed E-state index contributed by atoms with van der Waals surface area (Å²) >= 11 is 0. The minimum absolute atomic E-state index is 0.0617. The molecule has 0 amide bonds. The SMILES string of the molecule is CC(O)C#C/C(=C\C(C)C)C(C)(C)C. The van der Waals surface area contributed by atoms with Crippen LogP contribution in [-0.2, 0) is 0 Å². The maximum Gasteiger partial charge on any atom is 0.112 e.